The van der Waals surface area contributed by atoms with Crippen molar-refractivity contribution >= 4 is 17.5 Å². The number of anilines is 1. The highest BCUT2D eigenvalue weighted by Crippen LogP contribution is 2.38. The number of hydrogen-bond donors (Lipinski definition) is 0. The molecule has 0 unspecified atom stereocenters. The summed E-state index contributed by atoms with van der Waals surface area (Å²) in [5.74, 6) is 1.19. The van der Waals surface area contributed by atoms with Gasteiger partial charge in [0.25, 0.3) is 0 Å². The molecule has 0 aliphatic heterocycles. The van der Waals surface area contributed by atoms with Crippen LogP contribution in [0.4, 0.5) is 5.69 Å². The highest BCUT2D eigenvalue weighted by atomic mass is 16.5. The van der Waals surface area contributed by atoms with Crippen molar-refractivity contribution in [3.8, 4) is 17.2 Å². The second kappa shape index (κ2) is 12.5. The summed E-state index contributed by atoms with van der Waals surface area (Å²) in [6, 6.07) is 32.4. The Bertz CT molecular complexity index is 1270. The van der Waals surface area contributed by atoms with Gasteiger partial charge in [0.1, 0.15) is 0 Å². The molecule has 4 rings (SSSR count). The lowest BCUT2D eigenvalue weighted by atomic mass is 10.1. The summed E-state index contributed by atoms with van der Waals surface area (Å²) in [4.78, 5) is 15.2. The van der Waals surface area contributed by atoms with Gasteiger partial charge in [0.15, 0.2) is 17.3 Å². The van der Waals surface area contributed by atoms with E-state index in [1.54, 1.807) is 18.2 Å². The highest BCUT2D eigenvalue weighted by molar-refractivity contribution is 6.07. The van der Waals surface area contributed by atoms with E-state index in [4.69, 9.17) is 14.2 Å². The van der Waals surface area contributed by atoms with Gasteiger partial charge in [-0.15, -0.1) is 0 Å². The van der Waals surface area contributed by atoms with Gasteiger partial charge in [-0.2, -0.15) is 0 Å². The molecule has 0 saturated heterocycles. The minimum absolute atomic E-state index is 0.155. The molecule has 0 aliphatic carbocycles. The molecule has 0 atom stereocenters. The van der Waals surface area contributed by atoms with Gasteiger partial charge in [0.2, 0.25) is 5.75 Å². The quantitative estimate of drug-likeness (QED) is 0.170. The zero-order valence-corrected chi connectivity index (χ0v) is 21.4. The summed E-state index contributed by atoms with van der Waals surface area (Å²) < 4.78 is 16.1. The van der Waals surface area contributed by atoms with Gasteiger partial charge in [-0.1, -0.05) is 78.9 Å². The van der Waals surface area contributed by atoms with E-state index in [9.17, 15) is 4.79 Å². The molecule has 37 heavy (non-hydrogen) atoms. The van der Waals surface area contributed by atoms with Gasteiger partial charge in [-0.3, -0.25) is 4.79 Å². The molecule has 0 aliphatic rings. The lowest BCUT2D eigenvalue weighted by Gasteiger charge is -2.25. The Labute approximate surface area is 218 Å². The van der Waals surface area contributed by atoms with Crippen LogP contribution in [0.25, 0.3) is 6.08 Å². The molecular weight excluding hydrogens is 462 g/mol. The van der Waals surface area contributed by atoms with Crippen LogP contribution in [0.2, 0.25) is 0 Å². The Kier molecular flexibility index (Phi) is 8.61. The van der Waals surface area contributed by atoms with Crippen molar-refractivity contribution in [3.05, 3.63) is 125 Å². The normalized spacial score (nSPS) is 10.8. The smallest absolute Gasteiger partial charge is 0.203 e. The molecule has 0 heterocycles. The van der Waals surface area contributed by atoms with Crippen LogP contribution >= 0.6 is 0 Å². The van der Waals surface area contributed by atoms with Crippen LogP contribution in [0.3, 0.4) is 0 Å². The molecule has 0 bridgehead atoms. The second-order valence-electron chi connectivity index (χ2n) is 8.53. The predicted molar refractivity (Wildman–Crippen MR) is 149 cm³/mol. The van der Waals surface area contributed by atoms with Gasteiger partial charge in [-0.05, 0) is 47.0 Å². The van der Waals surface area contributed by atoms with Crippen LogP contribution in [0, 0.1) is 0 Å². The van der Waals surface area contributed by atoms with Crippen molar-refractivity contribution in [1.82, 2.24) is 0 Å². The maximum Gasteiger partial charge on any atom is 0.203 e. The van der Waals surface area contributed by atoms with Crippen LogP contribution in [-0.4, -0.2) is 27.1 Å². The first-order valence-electron chi connectivity index (χ1n) is 12.1. The van der Waals surface area contributed by atoms with Gasteiger partial charge in [-0.25, -0.2) is 0 Å². The van der Waals surface area contributed by atoms with Crippen LogP contribution < -0.4 is 19.1 Å². The monoisotopic (exact) mass is 493 g/mol. The molecular formula is C32H31NO4. The Hall–Kier alpha value is -4.51. The van der Waals surface area contributed by atoms with E-state index in [-0.39, 0.29) is 5.78 Å². The maximum atomic E-state index is 12.9. The molecule has 0 aromatic heterocycles. The lowest BCUT2D eigenvalue weighted by Crippen LogP contribution is -2.22. The van der Waals surface area contributed by atoms with Crippen molar-refractivity contribution in [2.24, 2.45) is 0 Å². The number of ether oxygens (including phenoxy) is 3. The number of nitrogens with zero attached hydrogens (tertiary/aromatic N) is 1. The number of rotatable bonds is 11. The largest absolute Gasteiger partial charge is 0.493 e. The molecule has 0 saturated carbocycles. The van der Waals surface area contributed by atoms with Crippen LogP contribution in [0.15, 0.2) is 103 Å². The Balaban J connectivity index is 1.52. The molecule has 0 fully saturated rings. The molecule has 0 radical (unpaired) electrons. The van der Waals surface area contributed by atoms with Crippen LogP contribution in [0.5, 0.6) is 17.2 Å². The standard InChI is InChI=1S/C32H31NO4/c1-35-30-20-27(21-31(36-2)32(30)37-3)29(34)19-16-24-14-17-28(18-15-24)33(22-25-10-6-4-7-11-25)23-26-12-8-5-9-13-26/h4-21H,22-23H2,1-3H3/b19-16+. The van der Waals surface area contributed by atoms with E-state index >= 15 is 0 Å². The number of benzene rings is 4. The maximum absolute atomic E-state index is 12.9. The summed E-state index contributed by atoms with van der Waals surface area (Å²) in [6.07, 6.45) is 3.37. The number of carbonyl (C=O) groups is 1. The minimum Gasteiger partial charge on any atom is -0.493 e. The van der Waals surface area contributed by atoms with Crippen molar-refractivity contribution in [2.45, 2.75) is 13.1 Å². The summed E-state index contributed by atoms with van der Waals surface area (Å²) in [6.45, 7) is 1.59. The summed E-state index contributed by atoms with van der Waals surface area (Å²) in [5, 5.41) is 0. The molecule has 0 N–H and O–H groups in total. The zero-order chi connectivity index (χ0) is 26.0. The van der Waals surface area contributed by atoms with E-state index < -0.39 is 0 Å². The van der Waals surface area contributed by atoms with Crippen LogP contribution in [0.1, 0.15) is 27.0 Å². The Morgan fingerprint density at radius 1 is 0.703 bits per heavy atom. The third kappa shape index (κ3) is 6.58. The van der Waals surface area contributed by atoms with E-state index in [0.29, 0.717) is 22.8 Å². The third-order valence-corrected chi connectivity index (χ3v) is 6.07. The summed E-state index contributed by atoms with van der Waals surface area (Å²) in [5.41, 5.74) is 5.00. The fourth-order valence-corrected chi connectivity index (χ4v) is 4.13. The number of hydrogen-bond acceptors (Lipinski definition) is 5. The molecule has 4 aromatic rings. The third-order valence-electron chi connectivity index (χ3n) is 6.07. The van der Waals surface area contributed by atoms with Crippen molar-refractivity contribution in [2.75, 3.05) is 26.2 Å². The van der Waals surface area contributed by atoms with E-state index in [1.165, 1.54) is 32.5 Å². The molecule has 188 valence electrons. The fourth-order valence-electron chi connectivity index (χ4n) is 4.13. The van der Waals surface area contributed by atoms with Crippen molar-refractivity contribution in [3.63, 3.8) is 0 Å². The average Bonchev–Trinajstić information content (AvgIpc) is 2.96. The van der Waals surface area contributed by atoms with E-state index in [2.05, 4.69) is 65.6 Å². The summed E-state index contributed by atoms with van der Waals surface area (Å²) >= 11 is 0. The lowest BCUT2D eigenvalue weighted by molar-refractivity contribution is 0.104. The number of ketones is 1. The molecule has 5 nitrogen and oxygen atoms in total. The van der Waals surface area contributed by atoms with Crippen LogP contribution in [-0.2, 0) is 13.1 Å². The fraction of sp³-hybridized carbons (Fsp3) is 0.156. The first kappa shape index (κ1) is 25.6. The highest BCUT2D eigenvalue weighted by Gasteiger charge is 2.16. The first-order chi connectivity index (χ1) is 18.1. The number of allylic oxidation sites excluding steroid dienone is 1. The average molecular weight is 494 g/mol. The van der Waals surface area contributed by atoms with Gasteiger partial charge < -0.3 is 19.1 Å². The Morgan fingerprint density at radius 3 is 1.68 bits per heavy atom. The Morgan fingerprint density at radius 2 is 1.22 bits per heavy atom. The van der Waals surface area contributed by atoms with E-state index in [0.717, 1.165) is 24.3 Å². The molecule has 0 amide bonds. The molecule has 5 heteroatoms. The summed E-state index contributed by atoms with van der Waals surface area (Å²) in [7, 11) is 4.59. The van der Waals surface area contributed by atoms with Crippen molar-refractivity contribution in [1.29, 1.82) is 0 Å². The molecule has 4 aromatic carbocycles. The minimum atomic E-state index is -0.155. The van der Waals surface area contributed by atoms with E-state index in [1.807, 2.05) is 30.3 Å². The first-order valence-corrected chi connectivity index (χ1v) is 12.1. The molecule has 0 spiro atoms. The zero-order valence-electron chi connectivity index (χ0n) is 21.4. The number of carbonyl (C=O) groups excluding carboxylic acids is 1. The topological polar surface area (TPSA) is 48.0 Å². The van der Waals surface area contributed by atoms with Crippen molar-refractivity contribution < 1.29 is 19.0 Å². The number of methoxy groups -OCH3 is 3. The van der Waals surface area contributed by atoms with Gasteiger partial charge in [0, 0.05) is 24.3 Å². The van der Waals surface area contributed by atoms with Gasteiger partial charge >= 0.3 is 0 Å². The predicted octanol–water partition coefficient (Wildman–Crippen LogP) is 6.82. The second-order valence-corrected chi connectivity index (χ2v) is 8.53. The van der Waals surface area contributed by atoms with Gasteiger partial charge in [0.05, 0.1) is 21.3 Å². The SMILES string of the molecule is COc1cc(C(=O)/C=C/c2ccc(N(Cc3ccccc3)Cc3ccccc3)cc2)cc(OC)c1OC.